The van der Waals surface area contributed by atoms with Crippen LogP contribution in [0.25, 0.3) is 10.8 Å². The number of rotatable bonds is 8. The van der Waals surface area contributed by atoms with Crippen LogP contribution in [0.1, 0.15) is 36.8 Å². The van der Waals surface area contributed by atoms with E-state index >= 15 is 0 Å². The van der Waals surface area contributed by atoms with Gasteiger partial charge in [-0.3, -0.25) is 4.79 Å². The maximum Gasteiger partial charge on any atom is 0.230 e. The molecule has 4 rings (SSSR count). The molecule has 158 valence electrons. The summed E-state index contributed by atoms with van der Waals surface area (Å²) < 4.78 is 2.08. The van der Waals surface area contributed by atoms with E-state index in [1.807, 2.05) is 43.3 Å². The second-order valence-electron chi connectivity index (χ2n) is 7.45. The molecule has 0 aliphatic carbocycles. The third-order valence-corrected chi connectivity index (χ3v) is 6.28. The van der Waals surface area contributed by atoms with Gasteiger partial charge in [-0.2, -0.15) is 0 Å². The number of aromatic nitrogens is 3. The number of carbonyl (C=O) groups is 1. The van der Waals surface area contributed by atoms with E-state index in [9.17, 15) is 4.79 Å². The van der Waals surface area contributed by atoms with Gasteiger partial charge in [0.1, 0.15) is 5.82 Å². The molecule has 0 saturated carbocycles. The molecule has 3 aromatic carbocycles. The van der Waals surface area contributed by atoms with E-state index in [4.69, 9.17) is 0 Å². The quantitative estimate of drug-likeness (QED) is 0.399. The average Bonchev–Trinajstić information content (AvgIpc) is 3.19. The third-order valence-electron chi connectivity index (χ3n) is 5.31. The van der Waals surface area contributed by atoms with Crippen LogP contribution < -0.4 is 5.32 Å². The van der Waals surface area contributed by atoms with Gasteiger partial charge in [-0.1, -0.05) is 84.6 Å². The molecule has 0 saturated heterocycles. The van der Waals surface area contributed by atoms with Crippen molar-refractivity contribution in [3.05, 3.63) is 89.7 Å². The van der Waals surface area contributed by atoms with Crippen LogP contribution in [0.2, 0.25) is 0 Å². The molecule has 1 N–H and O–H groups in total. The molecular weight excluding hydrogens is 404 g/mol. The van der Waals surface area contributed by atoms with Gasteiger partial charge in [0.15, 0.2) is 5.16 Å². The van der Waals surface area contributed by atoms with Crippen molar-refractivity contribution in [2.75, 3.05) is 5.75 Å². The van der Waals surface area contributed by atoms with Crippen LogP contribution in [0.5, 0.6) is 0 Å². The number of carbonyl (C=O) groups excluding carboxylic acids is 1. The molecule has 1 unspecified atom stereocenters. The molecule has 1 amide bonds. The molecule has 1 heterocycles. The van der Waals surface area contributed by atoms with Crippen molar-refractivity contribution in [1.29, 1.82) is 0 Å². The summed E-state index contributed by atoms with van der Waals surface area (Å²) in [5, 5.41) is 14.9. The van der Waals surface area contributed by atoms with Gasteiger partial charge in [-0.05, 0) is 35.7 Å². The fourth-order valence-electron chi connectivity index (χ4n) is 3.77. The lowest BCUT2D eigenvalue weighted by atomic mass is 10.00. The van der Waals surface area contributed by atoms with E-state index < -0.39 is 0 Å². The molecular formula is C25H26N4OS. The van der Waals surface area contributed by atoms with Gasteiger partial charge in [0, 0.05) is 13.0 Å². The molecule has 0 aliphatic heterocycles. The van der Waals surface area contributed by atoms with E-state index in [2.05, 4.69) is 63.4 Å². The van der Waals surface area contributed by atoms with Gasteiger partial charge in [-0.15, -0.1) is 10.2 Å². The second kappa shape index (κ2) is 9.79. The lowest BCUT2D eigenvalue weighted by molar-refractivity contribution is -0.119. The molecule has 0 radical (unpaired) electrons. The molecule has 0 aliphatic rings. The van der Waals surface area contributed by atoms with Crippen molar-refractivity contribution in [1.82, 2.24) is 20.1 Å². The van der Waals surface area contributed by atoms with Crippen molar-refractivity contribution < 1.29 is 4.79 Å². The number of hydrogen-bond donors (Lipinski definition) is 1. The number of benzene rings is 3. The average molecular weight is 431 g/mol. The highest BCUT2D eigenvalue weighted by molar-refractivity contribution is 7.99. The predicted octanol–water partition coefficient (Wildman–Crippen LogP) is 5.01. The monoisotopic (exact) mass is 430 g/mol. The second-order valence-corrected chi connectivity index (χ2v) is 8.39. The Labute approximate surface area is 186 Å². The Morgan fingerprint density at radius 2 is 1.74 bits per heavy atom. The van der Waals surface area contributed by atoms with E-state index in [0.717, 1.165) is 29.5 Å². The highest BCUT2D eigenvalue weighted by Gasteiger charge is 2.16. The van der Waals surface area contributed by atoms with Crippen molar-refractivity contribution in [3.63, 3.8) is 0 Å². The molecule has 31 heavy (non-hydrogen) atoms. The Morgan fingerprint density at radius 1 is 1.00 bits per heavy atom. The van der Waals surface area contributed by atoms with Gasteiger partial charge in [0.25, 0.3) is 0 Å². The van der Waals surface area contributed by atoms with Crippen molar-refractivity contribution in [2.24, 2.45) is 0 Å². The number of hydrogen-bond acceptors (Lipinski definition) is 4. The van der Waals surface area contributed by atoms with E-state index in [1.54, 1.807) is 0 Å². The van der Waals surface area contributed by atoms with Gasteiger partial charge in [-0.25, -0.2) is 0 Å². The molecule has 5 nitrogen and oxygen atoms in total. The molecule has 0 bridgehead atoms. The van der Waals surface area contributed by atoms with E-state index in [1.165, 1.54) is 28.1 Å². The zero-order valence-electron chi connectivity index (χ0n) is 17.8. The summed E-state index contributed by atoms with van der Waals surface area (Å²) in [6.45, 7) is 4.87. The number of fused-ring (bicyclic) bond motifs is 1. The summed E-state index contributed by atoms with van der Waals surface area (Å²) in [5.41, 5.74) is 2.32. The maximum atomic E-state index is 12.6. The largest absolute Gasteiger partial charge is 0.349 e. The van der Waals surface area contributed by atoms with E-state index in [0.29, 0.717) is 5.75 Å². The van der Waals surface area contributed by atoms with Gasteiger partial charge in [0.2, 0.25) is 5.91 Å². The zero-order valence-corrected chi connectivity index (χ0v) is 18.6. The van der Waals surface area contributed by atoms with Gasteiger partial charge < -0.3 is 9.88 Å². The zero-order chi connectivity index (χ0) is 21.6. The summed E-state index contributed by atoms with van der Waals surface area (Å²) in [7, 11) is 0. The molecule has 0 fully saturated rings. The minimum absolute atomic E-state index is 0.0132. The summed E-state index contributed by atoms with van der Waals surface area (Å²) in [4.78, 5) is 12.6. The molecule has 1 atom stereocenters. The lowest BCUT2D eigenvalue weighted by Gasteiger charge is -2.16. The highest BCUT2D eigenvalue weighted by Crippen LogP contribution is 2.24. The Morgan fingerprint density at radius 3 is 2.55 bits per heavy atom. The smallest absolute Gasteiger partial charge is 0.230 e. The summed E-state index contributed by atoms with van der Waals surface area (Å²) in [5.74, 6) is 1.21. The summed E-state index contributed by atoms with van der Waals surface area (Å²) in [6, 6.07) is 24.6. The molecule has 1 aromatic heterocycles. The van der Waals surface area contributed by atoms with Crippen LogP contribution in [0.4, 0.5) is 0 Å². The van der Waals surface area contributed by atoms with Crippen LogP contribution in [-0.2, 0) is 17.8 Å². The minimum Gasteiger partial charge on any atom is -0.349 e. The maximum absolute atomic E-state index is 12.6. The fraction of sp³-hybridized carbons (Fsp3) is 0.240. The normalized spacial score (nSPS) is 12.1. The predicted molar refractivity (Wildman–Crippen MR) is 126 cm³/mol. The Bertz CT molecular complexity index is 1170. The van der Waals surface area contributed by atoms with Gasteiger partial charge >= 0.3 is 0 Å². The first-order valence-electron chi connectivity index (χ1n) is 10.5. The van der Waals surface area contributed by atoms with Crippen molar-refractivity contribution in [3.8, 4) is 0 Å². The first kappa shape index (κ1) is 21.1. The molecule has 4 aromatic rings. The summed E-state index contributed by atoms with van der Waals surface area (Å²) in [6.07, 6.45) is 0.729. The molecule has 6 heteroatoms. The van der Waals surface area contributed by atoms with Crippen LogP contribution in [0.15, 0.2) is 78.0 Å². The third kappa shape index (κ3) is 4.97. The SMILES string of the molecule is CCn1c(Cc2ccccc2)nnc1SCC(=O)NC(C)c1cccc2ccccc12. The Kier molecular flexibility index (Phi) is 6.67. The van der Waals surface area contributed by atoms with Crippen LogP contribution in [0.3, 0.4) is 0 Å². The standard InChI is InChI=1S/C25H26N4OS/c1-3-29-23(16-19-10-5-4-6-11-19)27-28-25(29)31-17-24(30)26-18(2)21-15-9-13-20-12-7-8-14-22(20)21/h4-15,18H,3,16-17H2,1-2H3,(H,26,30). The highest BCUT2D eigenvalue weighted by atomic mass is 32.2. The minimum atomic E-state index is -0.0723. The topological polar surface area (TPSA) is 59.8 Å². The number of nitrogens with one attached hydrogen (secondary N) is 1. The Balaban J connectivity index is 1.39. The fourth-order valence-corrected chi connectivity index (χ4v) is 4.60. The van der Waals surface area contributed by atoms with E-state index in [-0.39, 0.29) is 11.9 Å². The summed E-state index contributed by atoms with van der Waals surface area (Å²) >= 11 is 1.43. The van der Waals surface area contributed by atoms with Crippen LogP contribution >= 0.6 is 11.8 Å². The van der Waals surface area contributed by atoms with Crippen LogP contribution in [0, 0.1) is 0 Å². The first-order chi connectivity index (χ1) is 15.2. The number of amides is 1. The number of thioether (sulfide) groups is 1. The number of nitrogens with zero attached hydrogens (tertiary/aromatic N) is 3. The lowest BCUT2D eigenvalue weighted by Crippen LogP contribution is -2.28. The first-order valence-corrected chi connectivity index (χ1v) is 11.5. The Hall–Kier alpha value is -3.12. The van der Waals surface area contributed by atoms with Crippen molar-refractivity contribution in [2.45, 2.75) is 38.0 Å². The van der Waals surface area contributed by atoms with Crippen molar-refractivity contribution >= 4 is 28.4 Å². The molecule has 0 spiro atoms. The van der Waals surface area contributed by atoms with Gasteiger partial charge in [0.05, 0.1) is 11.8 Å². The van der Waals surface area contributed by atoms with Crippen LogP contribution in [-0.4, -0.2) is 26.4 Å².